The van der Waals surface area contributed by atoms with Crippen molar-refractivity contribution in [3.8, 4) is 5.75 Å². The minimum absolute atomic E-state index is 0.170. The molecule has 0 aliphatic heterocycles. The fourth-order valence-electron chi connectivity index (χ4n) is 1.46. The van der Waals surface area contributed by atoms with Crippen molar-refractivity contribution in [3.63, 3.8) is 0 Å². The summed E-state index contributed by atoms with van der Waals surface area (Å²) in [6, 6.07) is 3.12. The van der Waals surface area contributed by atoms with E-state index in [1.54, 1.807) is 20.1 Å². The monoisotopic (exact) mass is 197 g/mol. The molecule has 2 nitrogen and oxygen atoms in total. The highest BCUT2D eigenvalue weighted by molar-refractivity contribution is 5.40. The van der Waals surface area contributed by atoms with Gasteiger partial charge in [0.15, 0.2) is 0 Å². The lowest BCUT2D eigenvalue weighted by Gasteiger charge is -2.11. The first-order valence-corrected chi connectivity index (χ1v) is 4.67. The smallest absolute Gasteiger partial charge is 0.126 e. The number of rotatable bonds is 4. The molecule has 3 heteroatoms. The van der Waals surface area contributed by atoms with E-state index in [9.17, 15) is 4.39 Å². The van der Waals surface area contributed by atoms with Gasteiger partial charge in [-0.15, -0.1) is 0 Å². The lowest BCUT2D eigenvalue weighted by atomic mass is 10.0. The highest BCUT2D eigenvalue weighted by atomic mass is 19.1. The highest BCUT2D eigenvalue weighted by Crippen LogP contribution is 2.24. The first-order chi connectivity index (χ1) is 6.70. The lowest BCUT2D eigenvalue weighted by molar-refractivity contribution is 0.407. The van der Waals surface area contributed by atoms with E-state index in [1.165, 1.54) is 6.07 Å². The molecule has 1 aromatic rings. The van der Waals surface area contributed by atoms with Crippen LogP contribution in [0.3, 0.4) is 0 Å². The van der Waals surface area contributed by atoms with Gasteiger partial charge in [-0.2, -0.15) is 0 Å². The van der Waals surface area contributed by atoms with Gasteiger partial charge in [0.2, 0.25) is 0 Å². The van der Waals surface area contributed by atoms with Gasteiger partial charge < -0.3 is 10.1 Å². The van der Waals surface area contributed by atoms with Crippen molar-refractivity contribution < 1.29 is 9.13 Å². The summed E-state index contributed by atoms with van der Waals surface area (Å²) < 4.78 is 18.4. The number of hydrogen-bond acceptors (Lipinski definition) is 2. The van der Waals surface area contributed by atoms with Crippen LogP contribution in [0.2, 0.25) is 0 Å². The summed E-state index contributed by atoms with van der Waals surface area (Å²) in [5, 5.41) is 3.04. The molecule has 78 valence electrons. The summed E-state index contributed by atoms with van der Waals surface area (Å²) in [5.74, 6) is 0.594. The van der Waals surface area contributed by atoms with Crippen molar-refractivity contribution in [1.82, 2.24) is 5.32 Å². The van der Waals surface area contributed by atoms with Crippen LogP contribution in [0.25, 0.3) is 0 Å². The molecular weight excluding hydrogens is 181 g/mol. The molecule has 0 fully saturated rings. The van der Waals surface area contributed by atoms with Crippen molar-refractivity contribution in [2.75, 3.05) is 20.7 Å². The molecule has 1 aromatic carbocycles. The number of nitrogens with one attached hydrogen (secondary N) is 1. The first kappa shape index (κ1) is 11.0. The molecule has 0 aromatic heterocycles. The molecule has 0 heterocycles. The number of hydrogen-bond donors (Lipinski definition) is 1. The standard InChI is InChI=1S/C11H16FNO/c1-8-9(6-7-13-2)11(14-3)5-4-10(8)12/h4-5,13H,6-7H2,1-3H3. The SMILES string of the molecule is CNCCc1c(OC)ccc(F)c1C. The van der Waals surface area contributed by atoms with Gasteiger partial charge in [0, 0.05) is 5.56 Å². The third-order valence-corrected chi connectivity index (χ3v) is 2.33. The molecule has 0 amide bonds. The van der Waals surface area contributed by atoms with Gasteiger partial charge in [-0.1, -0.05) is 0 Å². The van der Waals surface area contributed by atoms with Crippen LogP contribution in [-0.2, 0) is 6.42 Å². The minimum atomic E-state index is -0.170. The van der Waals surface area contributed by atoms with Gasteiger partial charge in [-0.3, -0.25) is 0 Å². The molecular formula is C11H16FNO. The van der Waals surface area contributed by atoms with Gasteiger partial charge in [-0.05, 0) is 44.6 Å². The van der Waals surface area contributed by atoms with Gasteiger partial charge in [0.05, 0.1) is 7.11 Å². The van der Waals surface area contributed by atoms with E-state index in [0.29, 0.717) is 5.56 Å². The summed E-state index contributed by atoms with van der Waals surface area (Å²) in [6.45, 7) is 2.60. The molecule has 0 unspecified atom stereocenters. The average molecular weight is 197 g/mol. The number of benzene rings is 1. The summed E-state index contributed by atoms with van der Waals surface area (Å²) in [6.07, 6.45) is 0.781. The number of ether oxygens (including phenoxy) is 1. The van der Waals surface area contributed by atoms with Crippen LogP contribution >= 0.6 is 0 Å². The summed E-state index contributed by atoms with van der Waals surface area (Å²) in [5.41, 5.74) is 1.63. The molecule has 0 aliphatic rings. The Kier molecular flexibility index (Phi) is 3.89. The zero-order valence-electron chi connectivity index (χ0n) is 8.86. The molecule has 14 heavy (non-hydrogen) atoms. The Labute approximate surface area is 84.1 Å². The van der Waals surface area contributed by atoms with Crippen molar-refractivity contribution in [3.05, 3.63) is 29.1 Å². The molecule has 0 spiro atoms. The summed E-state index contributed by atoms with van der Waals surface area (Å²) in [7, 11) is 3.48. The molecule has 0 saturated carbocycles. The second-order valence-electron chi connectivity index (χ2n) is 3.21. The second kappa shape index (κ2) is 4.96. The normalized spacial score (nSPS) is 10.3. The van der Waals surface area contributed by atoms with E-state index < -0.39 is 0 Å². The molecule has 0 atom stereocenters. The molecule has 0 aliphatic carbocycles. The van der Waals surface area contributed by atoms with E-state index in [0.717, 1.165) is 24.3 Å². The predicted octanol–water partition coefficient (Wildman–Crippen LogP) is 1.90. The third-order valence-electron chi connectivity index (χ3n) is 2.33. The van der Waals surface area contributed by atoms with Crippen LogP contribution < -0.4 is 10.1 Å². The van der Waals surface area contributed by atoms with Gasteiger partial charge >= 0.3 is 0 Å². The Morgan fingerprint density at radius 1 is 1.43 bits per heavy atom. The van der Waals surface area contributed by atoms with Crippen LogP contribution in [-0.4, -0.2) is 20.7 Å². The van der Waals surface area contributed by atoms with Crippen LogP contribution in [0.5, 0.6) is 5.75 Å². The summed E-state index contributed by atoms with van der Waals surface area (Å²) in [4.78, 5) is 0. The number of methoxy groups -OCH3 is 1. The Morgan fingerprint density at radius 3 is 2.71 bits per heavy atom. The maximum Gasteiger partial charge on any atom is 0.126 e. The molecule has 1 N–H and O–H groups in total. The number of likely N-dealkylation sites (N-methyl/N-ethyl adjacent to an activating group) is 1. The second-order valence-corrected chi connectivity index (χ2v) is 3.21. The molecule has 0 bridgehead atoms. The molecule has 1 rings (SSSR count). The fourth-order valence-corrected chi connectivity index (χ4v) is 1.46. The average Bonchev–Trinajstić information content (AvgIpc) is 2.20. The fraction of sp³-hybridized carbons (Fsp3) is 0.455. The minimum Gasteiger partial charge on any atom is -0.496 e. The van der Waals surface area contributed by atoms with Crippen molar-refractivity contribution in [2.24, 2.45) is 0 Å². The third kappa shape index (κ3) is 2.23. The zero-order valence-corrected chi connectivity index (χ0v) is 8.86. The molecule has 0 radical (unpaired) electrons. The van der Waals surface area contributed by atoms with Gasteiger partial charge in [-0.25, -0.2) is 4.39 Å². The van der Waals surface area contributed by atoms with E-state index >= 15 is 0 Å². The maximum absolute atomic E-state index is 13.2. The van der Waals surface area contributed by atoms with E-state index in [2.05, 4.69) is 5.32 Å². The van der Waals surface area contributed by atoms with E-state index in [-0.39, 0.29) is 5.82 Å². The topological polar surface area (TPSA) is 21.3 Å². The van der Waals surface area contributed by atoms with Gasteiger partial charge in [0.1, 0.15) is 11.6 Å². The van der Waals surface area contributed by atoms with E-state index in [4.69, 9.17) is 4.74 Å². The quantitative estimate of drug-likeness (QED) is 0.796. The predicted molar refractivity (Wildman–Crippen MR) is 55.3 cm³/mol. The van der Waals surface area contributed by atoms with Crippen LogP contribution in [0.1, 0.15) is 11.1 Å². The van der Waals surface area contributed by atoms with Crippen LogP contribution in [0.4, 0.5) is 4.39 Å². The Morgan fingerprint density at radius 2 is 2.14 bits per heavy atom. The Bertz CT molecular complexity index is 312. The first-order valence-electron chi connectivity index (χ1n) is 4.67. The lowest BCUT2D eigenvalue weighted by Crippen LogP contribution is -2.12. The zero-order chi connectivity index (χ0) is 10.6. The van der Waals surface area contributed by atoms with Crippen molar-refractivity contribution in [1.29, 1.82) is 0 Å². The highest BCUT2D eigenvalue weighted by Gasteiger charge is 2.09. The Balaban J connectivity index is 3.01. The van der Waals surface area contributed by atoms with Crippen molar-refractivity contribution >= 4 is 0 Å². The largest absolute Gasteiger partial charge is 0.496 e. The van der Waals surface area contributed by atoms with Crippen LogP contribution in [0.15, 0.2) is 12.1 Å². The van der Waals surface area contributed by atoms with E-state index in [1.807, 2.05) is 7.05 Å². The maximum atomic E-state index is 13.2. The molecule has 0 saturated heterocycles. The number of halogens is 1. The van der Waals surface area contributed by atoms with Crippen molar-refractivity contribution in [2.45, 2.75) is 13.3 Å². The Hall–Kier alpha value is -1.09. The summed E-state index contributed by atoms with van der Waals surface area (Å²) >= 11 is 0. The van der Waals surface area contributed by atoms with Gasteiger partial charge in [0.25, 0.3) is 0 Å². The van der Waals surface area contributed by atoms with Crippen LogP contribution in [0, 0.1) is 12.7 Å².